The Kier molecular flexibility index (Phi) is 7.08. The molecule has 0 bridgehead atoms. The minimum Gasteiger partial charge on any atom is -0.457 e. The Morgan fingerprint density at radius 2 is 1.84 bits per heavy atom. The van der Waals surface area contributed by atoms with Gasteiger partial charge in [0.2, 0.25) is 5.91 Å². The van der Waals surface area contributed by atoms with E-state index >= 15 is 0 Å². The van der Waals surface area contributed by atoms with Gasteiger partial charge in [0.1, 0.15) is 29.3 Å². The number of rotatable bonds is 7. The molecule has 10 heteroatoms. The van der Waals surface area contributed by atoms with Gasteiger partial charge in [0, 0.05) is 12.1 Å². The number of nitrogen functional groups attached to an aromatic ring is 1. The fourth-order valence-corrected chi connectivity index (χ4v) is 5.00. The molecule has 5 rings (SSSR count). The van der Waals surface area contributed by atoms with Crippen LogP contribution in [0, 0.1) is 0 Å². The van der Waals surface area contributed by atoms with Gasteiger partial charge in [-0.25, -0.2) is 14.6 Å². The molecule has 38 heavy (non-hydrogen) atoms. The van der Waals surface area contributed by atoms with Gasteiger partial charge in [0.25, 0.3) is 0 Å². The first kappa shape index (κ1) is 25.4. The van der Waals surface area contributed by atoms with Crippen LogP contribution >= 0.6 is 0 Å². The third-order valence-corrected chi connectivity index (χ3v) is 7.43. The zero-order chi connectivity index (χ0) is 26.7. The molecule has 0 spiro atoms. The molecule has 4 aromatic rings. The summed E-state index contributed by atoms with van der Waals surface area (Å²) in [5.41, 5.74) is 9.22. The normalized spacial score (nSPS) is 14.2. The molecular weight excluding hydrogens is 496 g/mol. The Morgan fingerprint density at radius 1 is 1.11 bits per heavy atom. The van der Waals surface area contributed by atoms with Crippen LogP contribution in [0.5, 0.6) is 11.5 Å². The number of hydrogen-bond acceptors (Lipinski definition) is 7. The lowest BCUT2D eigenvalue weighted by Gasteiger charge is -2.26. The van der Waals surface area contributed by atoms with Crippen LogP contribution in [0.2, 0.25) is 19.1 Å². The average Bonchev–Trinajstić information content (AvgIpc) is 3.30. The molecule has 0 atom stereocenters. The lowest BCUT2D eigenvalue weighted by Crippen LogP contribution is -2.35. The molecule has 1 aliphatic rings. The monoisotopic (exact) mass is 526 g/mol. The molecular formula is C28H30N6O3Si. The number of carbonyl (C=O) groups excluding carboxylic acids is 1. The van der Waals surface area contributed by atoms with E-state index in [1.54, 1.807) is 21.7 Å². The number of nitrogens with two attached hydrogens (primary N) is 1. The highest BCUT2D eigenvalue weighted by molar-refractivity contribution is 6.70. The highest BCUT2D eigenvalue weighted by atomic mass is 28.4. The van der Waals surface area contributed by atoms with E-state index in [1.807, 2.05) is 67.7 Å². The molecule has 0 radical (unpaired) electrons. The number of fused-ring (bicyclic) bond motifs is 1. The van der Waals surface area contributed by atoms with Gasteiger partial charge in [-0.1, -0.05) is 30.4 Å². The second-order valence-corrected chi connectivity index (χ2v) is 13.9. The molecule has 2 aromatic heterocycles. The molecule has 194 valence electrons. The van der Waals surface area contributed by atoms with Crippen molar-refractivity contribution in [1.82, 2.24) is 24.6 Å². The summed E-state index contributed by atoms with van der Waals surface area (Å²) in [6.07, 6.45) is 7.51. The maximum atomic E-state index is 12.8. The van der Waals surface area contributed by atoms with Crippen molar-refractivity contribution in [2.24, 2.45) is 0 Å². The number of aromatic nitrogens is 4. The van der Waals surface area contributed by atoms with Crippen molar-refractivity contribution in [2.45, 2.75) is 25.6 Å². The van der Waals surface area contributed by atoms with Gasteiger partial charge in [-0.3, -0.25) is 4.79 Å². The van der Waals surface area contributed by atoms with Crippen molar-refractivity contribution in [3.8, 4) is 22.8 Å². The number of para-hydroxylation sites is 1. The summed E-state index contributed by atoms with van der Waals surface area (Å²) in [5, 5.41) is 5.54. The Balaban J connectivity index is 1.42. The number of ether oxygens (including phenoxy) is 1. The van der Waals surface area contributed by atoms with Gasteiger partial charge in [-0.15, -0.1) is 0 Å². The highest BCUT2D eigenvalue weighted by Gasteiger charge is 2.23. The molecule has 3 N–H and O–H groups in total. The second kappa shape index (κ2) is 10.6. The lowest BCUT2D eigenvalue weighted by atomic mass is 10.1. The smallest absolute Gasteiger partial charge is 0.246 e. The number of benzene rings is 2. The number of amides is 1. The number of hydrogen-bond donors (Lipinski definition) is 2. The second-order valence-electron chi connectivity index (χ2n) is 9.82. The molecule has 0 unspecified atom stereocenters. The van der Waals surface area contributed by atoms with Gasteiger partial charge in [-0.2, -0.15) is 5.10 Å². The standard InChI is InChI=1S/C28H30N6O3Si/c1-38(2,36)17-7-11-24(35)33-16-6-8-21(18-33)34-28-25(27(29)30-19-31-28)26(32-34)20-12-14-23(15-13-20)37-22-9-4-3-5-10-22/h3-5,7-15,19,36H,6,16-18H2,1-2H3,(H2,29,30,31)/b11-7+. The molecule has 9 nitrogen and oxygen atoms in total. The Labute approximate surface area is 222 Å². The summed E-state index contributed by atoms with van der Waals surface area (Å²) in [4.78, 5) is 33.3. The number of carbonyl (C=O) groups is 1. The average molecular weight is 527 g/mol. The zero-order valence-corrected chi connectivity index (χ0v) is 22.4. The zero-order valence-electron chi connectivity index (χ0n) is 21.4. The molecule has 0 aliphatic carbocycles. The van der Waals surface area contributed by atoms with E-state index in [-0.39, 0.29) is 5.91 Å². The quantitative estimate of drug-likeness (QED) is 0.265. The largest absolute Gasteiger partial charge is 0.457 e. The maximum absolute atomic E-state index is 12.8. The predicted octanol–water partition coefficient (Wildman–Crippen LogP) is 4.69. The Morgan fingerprint density at radius 3 is 2.58 bits per heavy atom. The van der Waals surface area contributed by atoms with Crippen molar-refractivity contribution < 1.29 is 14.3 Å². The van der Waals surface area contributed by atoms with Gasteiger partial charge in [0.15, 0.2) is 14.0 Å². The van der Waals surface area contributed by atoms with Gasteiger partial charge >= 0.3 is 0 Å². The number of nitrogens with zero attached hydrogens (tertiary/aromatic N) is 5. The third-order valence-electron chi connectivity index (χ3n) is 6.19. The lowest BCUT2D eigenvalue weighted by molar-refractivity contribution is -0.125. The topological polar surface area (TPSA) is 119 Å². The van der Waals surface area contributed by atoms with Crippen LogP contribution in [-0.4, -0.2) is 56.8 Å². The number of allylic oxidation sites excluding steroid dienone is 1. The molecule has 0 saturated heterocycles. The molecule has 1 amide bonds. The summed E-state index contributed by atoms with van der Waals surface area (Å²) >= 11 is 0. The van der Waals surface area contributed by atoms with Crippen LogP contribution in [0.25, 0.3) is 28.0 Å². The number of anilines is 1. The minimum atomic E-state index is -2.25. The van der Waals surface area contributed by atoms with Crippen LogP contribution in [0.3, 0.4) is 0 Å². The van der Waals surface area contributed by atoms with Gasteiger partial charge < -0.3 is 20.2 Å². The first-order valence-corrected chi connectivity index (χ1v) is 15.6. The van der Waals surface area contributed by atoms with E-state index in [9.17, 15) is 9.59 Å². The van der Waals surface area contributed by atoms with Gasteiger partial charge in [-0.05, 0) is 68.0 Å². The van der Waals surface area contributed by atoms with Crippen LogP contribution in [0.1, 0.15) is 6.42 Å². The highest BCUT2D eigenvalue weighted by Crippen LogP contribution is 2.33. The van der Waals surface area contributed by atoms with Crippen LogP contribution in [-0.2, 0) is 4.79 Å². The molecule has 0 saturated carbocycles. The summed E-state index contributed by atoms with van der Waals surface area (Å²) in [6.45, 7) is 4.69. The molecule has 2 aromatic carbocycles. The summed E-state index contributed by atoms with van der Waals surface area (Å²) in [6, 6.07) is 17.8. The van der Waals surface area contributed by atoms with E-state index in [4.69, 9.17) is 15.6 Å². The van der Waals surface area contributed by atoms with Crippen LogP contribution in [0.15, 0.2) is 79.2 Å². The van der Waals surface area contributed by atoms with Crippen molar-refractivity contribution in [1.29, 1.82) is 0 Å². The van der Waals surface area contributed by atoms with Crippen LogP contribution in [0.4, 0.5) is 5.82 Å². The first-order valence-electron chi connectivity index (χ1n) is 12.5. The first-order chi connectivity index (χ1) is 18.3. The fourth-order valence-electron chi connectivity index (χ4n) is 4.30. The van der Waals surface area contributed by atoms with Crippen molar-refractivity contribution in [2.75, 3.05) is 18.8 Å². The van der Waals surface area contributed by atoms with Gasteiger partial charge in [0.05, 0.1) is 17.6 Å². The fraction of sp³-hybridized carbons (Fsp3) is 0.214. The SMILES string of the molecule is C[Si](C)(O)C/C=C/C(=O)N1CCC=C(n2nc(-c3ccc(Oc4ccccc4)cc3)c3c(N)ncnc32)C1. The van der Waals surface area contributed by atoms with E-state index in [0.717, 1.165) is 17.0 Å². The van der Waals surface area contributed by atoms with E-state index in [1.165, 1.54) is 6.33 Å². The van der Waals surface area contributed by atoms with Crippen molar-refractivity contribution >= 4 is 36.8 Å². The van der Waals surface area contributed by atoms with E-state index < -0.39 is 8.32 Å². The van der Waals surface area contributed by atoms with Crippen molar-refractivity contribution in [3.05, 3.63) is 79.2 Å². The summed E-state index contributed by atoms with van der Waals surface area (Å²) in [5.74, 6) is 1.71. The Hall–Kier alpha value is -4.28. The predicted molar refractivity (Wildman–Crippen MR) is 151 cm³/mol. The summed E-state index contributed by atoms with van der Waals surface area (Å²) in [7, 11) is -2.25. The maximum Gasteiger partial charge on any atom is 0.246 e. The van der Waals surface area contributed by atoms with Crippen LogP contribution < -0.4 is 10.5 Å². The molecule has 1 aliphatic heterocycles. The summed E-state index contributed by atoms with van der Waals surface area (Å²) < 4.78 is 7.68. The minimum absolute atomic E-state index is 0.0892. The van der Waals surface area contributed by atoms with E-state index in [0.29, 0.717) is 53.8 Å². The van der Waals surface area contributed by atoms with E-state index in [2.05, 4.69) is 16.0 Å². The Bertz CT molecular complexity index is 1510. The molecule has 3 heterocycles. The third kappa shape index (κ3) is 5.66. The molecule has 0 fully saturated rings. The van der Waals surface area contributed by atoms with Crippen molar-refractivity contribution in [3.63, 3.8) is 0 Å².